The van der Waals surface area contributed by atoms with Gasteiger partial charge in [0.25, 0.3) is 0 Å². The Morgan fingerprint density at radius 1 is 1.35 bits per heavy atom. The summed E-state index contributed by atoms with van der Waals surface area (Å²) >= 11 is 0. The van der Waals surface area contributed by atoms with Gasteiger partial charge in [0, 0.05) is 32.0 Å². The molecule has 1 aromatic carbocycles. The van der Waals surface area contributed by atoms with Gasteiger partial charge in [0.2, 0.25) is 5.91 Å². The first kappa shape index (κ1) is 15.1. The average Bonchev–Trinajstić information content (AvgIpc) is 2.37. The van der Waals surface area contributed by atoms with E-state index in [2.05, 4.69) is 16.7 Å². The molecule has 20 heavy (non-hydrogen) atoms. The first-order valence-corrected chi connectivity index (χ1v) is 7.02. The lowest BCUT2D eigenvalue weighted by molar-refractivity contribution is -0.121. The summed E-state index contributed by atoms with van der Waals surface area (Å²) < 4.78 is 5.62. The summed E-state index contributed by atoms with van der Waals surface area (Å²) in [5.74, 6) is 2.01. The third-order valence-corrected chi connectivity index (χ3v) is 3.97. The second kappa shape index (κ2) is 6.95. The molecule has 2 aliphatic heterocycles. The maximum atomic E-state index is 12.0. The van der Waals surface area contributed by atoms with Crippen LogP contribution >= 0.6 is 12.4 Å². The van der Waals surface area contributed by atoms with Gasteiger partial charge in [-0.2, -0.15) is 0 Å². The van der Waals surface area contributed by atoms with Crippen molar-refractivity contribution in [1.82, 2.24) is 10.6 Å². The number of ether oxygens (including phenoxy) is 1. The van der Waals surface area contributed by atoms with Crippen LogP contribution in [-0.4, -0.2) is 32.1 Å². The van der Waals surface area contributed by atoms with Gasteiger partial charge in [0.1, 0.15) is 5.75 Å². The fourth-order valence-electron chi connectivity index (χ4n) is 2.67. The van der Waals surface area contributed by atoms with Gasteiger partial charge < -0.3 is 15.4 Å². The normalized spacial score (nSPS) is 20.9. The monoisotopic (exact) mass is 296 g/mol. The van der Waals surface area contributed by atoms with Crippen molar-refractivity contribution in [2.24, 2.45) is 5.92 Å². The molecule has 1 atom stereocenters. The Bertz CT molecular complexity index is 463. The third-order valence-electron chi connectivity index (χ3n) is 3.97. The fourth-order valence-corrected chi connectivity index (χ4v) is 2.67. The number of nitrogens with one attached hydrogen (secondary N) is 2. The van der Waals surface area contributed by atoms with E-state index in [9.17, 15) is 4.79 Å². The lowest BCUT2D eigenvalue weighted by Crippen LogP contribution is -2.48. The molecule has 2 N–H and O–H groups in total. The van der Waals surface area contributed by atoms with Crippen LogP contribution in [-0.2, 0) is 4.79 Å². The molecule has 0 saturated carbocycles. The van der Waals surface area contributed by atoms with E-state index in [1.165, 1.54) is 5.56 Å². The van der Waals surface area contributed by atoms with Crippen molar-refractivity contribution in [1.29, 1.82) is 0 Å². The summed E-state index contributed by atoms with van der Waals surface area (Å²) in [6.45, 7) is 3.57. The molecule has 1 fully saturated rings. The molecule has 0 bridgehead atoms. The van der Waals surface area contributed by atoms with Crippen LogP contribution in [0.5, 0.6) is 5.75 Å². The van der Waals surface area contributed by atoms with E-state index in [-0.39, 0.29) is 18.3 Å². The summed E-state index contributed by atoms with van der Waals surface area (Å²) in [4.78, 5) is 12.0. The van der Waals surface area contributed by atoms with Gasteiger partial charge in [0.05, 0.1) is 6.61 Å². The first-order valence-electron chi connectivity index (χ1n) is 7.02. The maximum Gasteiger partial charge on any atom is 0.220 e. The van der Waals surface area contributed by atoms with Gasteiger partial charge in [-0.3, -0.25) is 4.79 Å². The Balaban J connectivity index is 0.00000147. The highest BCUT2D eigenvalue weighted by Crippen LogP contribution is 2.35. The predicted octanol–water partition coefficient (Wildman–Crippen LogP) is 1.70. The molecule has 1 amide bonds. The van der Waals surface area contributed by atoms with E-state index in [4.69, 9.17) is 4.74 Å². The van der Waals surface area contributed by atoms with Crippen LogP contribution in [0, 0.1) is 5.92 Å². The molecular weight excluding hydrogens is 276 g/mol. The molecule has 1 saturated heterocycles. The van der Waals surface area contributed by atoms with Crippen LogP contribution in [0.25, 0.3) is 0 Å². The SMILES string of the molecule is Cl.O=C(CC1CCOc2ccccc21)NCC1CNC1. The zero-order chi connectivity index (χ0) is 13.1. The second-order valence-corrected chi connectivity index (χ2v) is 5.40. The fraction of sp³-hybridized carbons (Fsp3) is 0.533. The van der Waals surface area contributed by atoms with Crippen LogP contribution < -0.4 is 15.4 Å². The number of para-hydroxylation sites is 1. The molecule has 0 spiro atoms. The van der Waals surface area contributed by atoms with Crippen molar-refractivity contribution >= 4 is 18.3 Å². The van der Waals surface area contributed by atoms with E-state index in [1.54, 1.807) is 0 Å². The Morgan fingerprint density at radius 3 is 2.90 bits per heavy atom. The molecule has 1 unspecified atom stereocenters. The number of carbonyl (C=O) groups excluding carboxylic acids is 1. The highest BCUT2D eigenvalue weighted by molar-refractivity contribution is 5.85. The summed E-state index contributed by atoms with van der Waals surface area (Å²) in [7, 11) is 0. The molecular formula is C15H21ClN2O2. The van der Waals surface area contributed by atoms with E-state index >= 15 is 0 Å². The minimum atomic E-state index is 0. The summed E-state index contributed by atoms with van der Waals surface area (Å²) in [5.41, 5.74) is 1.18. The summed E-state index contributed by atoms with van der Waals surface area (Å²) in [6, 6.07) is 8.05. The molecule has 0 aliphatic carbocycles. The minimum Gasteiger partial charge on any atom is -0.493 e. The number of amides is 1. The molecule has 1 aromatic rings. The Morgan fingerprint density at radius 2 is 2.15 bits per heavy atom. The van der Waals surface area contributed by atoms with Crippen molar-refractivity contribution in [2.45, 2.75) is 18.8 Å². The highest BCUT2D eigenvalue weighted by atomic mass is 35.5. The minimum absolute atomic E-state index is 0. The van der Waals surface area contributed by atoms with Gasteiger partial charge in [-0.05, 0) is 24.0 Å². The molecule has 110 valence electrons. The van der Waals surface area contributed by atoms with Crippen molar-refractivity contribution in [3.05, 3.63) is 29.8 Å². The zero-order valence-corrected chi connectivity index (χ0v) is 12.2. The molecule has 3 rings (SSSR count). The molecule has 0 radical (unpaired) electrons. The molecule has 0 aromatic heterocycles. The van der Waals surface area contributed by atoms with Crippen LogP contribution in [0.15, 0.2) is 24.3 Å². The van der Waals surface area contributed by atoms with Crippen molar-refractivity contribution < 1.29 is 9.53 Å². The largest absolute Gasteiger partial charge is 0.493 e. The van der Waals surface area contributed by atoms with Crippen LogP contribution in [0.4, 0.5) is 0 Å². The Hall–Kier alpha value is -1.26. The number of halogens is 1. The molecule has 2 heterocycles. The number of rotatable bonds is 4. The lowest BCUT2D eigenvalue weighted by Gasteiger charge is -2.28. The van der Waals surface area contributed by atoms with Gasteiger partial charge in [0.15, 0.2) is 0 Å². The molecule has 5 heteroatoms. The predicted molar refractivity (Wildman–Crippen MR) is 80.5 cm³/mol. The zero-order valence-electron chi connectivity index (χ0n) is 11.4. The van der Waals surface area contributed by atoms with Crippen molar-refractivity contribution in [3.8, 4) is 5.75 Å². The van der Waals surface area contributed by atoms with Crippen LogP contribution in [0.3, 0.4) is 0 Å². The van der Waals surface area contributed by atoms with Gasteiger partial charge in [-0.25, -0.2) is 0 Å². The third kappa shape index (κ3) is 3.44. The van der Waals surface area contributed by atoms with Crippen LogP contribution in [0.2, 0.25) is 0 Å². The van der Waals surface area contributed by atoms with E-state index in [0.29, 0.717) is 24.9 Å². The number of carbonyl (C=O) groups is 1. The summed E-state index contributed by atoms with van der Waals surface area (Å²) in [5, 5.41) is 6.25. The lowest BCUT2D eigenvalue weighted by atomic mass is 9.90. The Kier molecular flexibility index (Phi) is 5.26. The average molecular weight is 297 g/mol. The van der Waals surface area contributed by atoms with Crippen molar-refractivity contribution in [2.75, 3.05) is 26.2 Å². The maximum absolute atomic E-state index is 12.0. The van der Waals surface area contributed by atoms with Crippen molar-refractivity contribution in [3.63, 3.8) is 0 Å². The topological polar surface area (TPSA) is 50.4 Å². The Labute approximate surface area is 125 Å². The smallest absolute Gasteiger partial charge is 0.220 e. The molecule has 4 nitrogen and oxygen atoms in total. The first-order chi connectivity index (χ1) is 9.33. The highest BCUT2D eigenvalue weighted by Gasteiger charge is 2.24. The summed E-state index contributed by atoms with van der Waals surface area (Å²) in [6.07, 6.45) is 1.50. The number of fused-ring (bicyclic) bond motifs is 1. The van der Waals surface area contributed by atoms with Gasteiger partial charge in [-0.15, -0.1) is 12.4 Å². The standard InChI is InChI=1S/C15H20N2O2.ClH/c18-15(17-10-11-8-16-9-11)7-12-5-6-19-14-4-2-1-3-13(12)14;/h1-4,11-12,16H,5-10H2,(H,17,18);1H. The quantitative estimate of drug-likeness (QED) is 0.889. The second-order valence-electron chi connectivity index (χ2n) is 5.40. The molecule has 2 aliphatic rings. The number of hydrogen-bond acceptors (Lipinski definition) is 3. The van der Waals surface area contributed by atoms with Gasteiger partial charge in [-0.1, -0.05) is 18.2 Å². The number of benzene rings is 1. The van der Waals surface area contributed by atoms with Gasteiger partial charge >= 0.3 is 0 Å². The van der Waals surface area contributed by atoms with E-state index in [1.807, 2.05) is 18.2 Å². The van der Waals surface area contributed by atoms with Crippen LogP contribution in [0.1, 0.15) is 24.3 Å². The van der Waals surface area contributed by atoms with E-state index < -0.39 is 0 Å². The van der Waals surface area contributed by atoms with E-state index in [0.717, 1.165) is 31.8 Å². The number of hydrogen-bond donors (Lipinski definition) is 2.